The van der Waals surface area contributed by atoms with Crippen molar-refractivity contribution in [3.8, 4) is 11.5 Å². The van der Waals surface area contributed by atoms with Crippen molar-refractivity contribution in [3.05, 3.63) is 53.7 Å². The van der Waals surface area contributed by atoms with Crippen LogP contribution in [-0.4, -0.2) is 46.6 Å². The molecule has 7 nitrogen and oxygen atoms in total. The number of hydrogen-bond acceptors (Lipinski definition) is 5. The minimum Gasteiger partial charge on any atom is -0.486 e. The van der Waals surface area contributed by atoms with Crippen LogP contribution in [0, 0.1) is 0 Å². The molecule has 1 fully saturated rings. The van der Waals surface area contributed by atoms with E-state index in [-0.39, 0.29) is 19.7 Å². The second-order valence-electron chi connectivity index (χ2n) is 8.64. The Hall–Kier alpha value is -3.24. The molecule has 34 heavy (non-hydrogen) atoms. The zero-order valence-electron chi connectivity index (χ0n) is 18.1. The molecule has 1 saturated carbocycles. The van der Waals surface area contributed by atoms with E-state index in [2.05, 4.69) is 5.32 Å². The summed E-state index contributed by atoms with van der Waals surface area (Å²) in [6, 6.07) is 10.9. The lowest BCUT2D eigenvalue weighted by atomic mass is 9.94. The van der Waals surface area contributed by atoms with E-state index >= 15 is 0 Å². The molecule has 2 aliphatic rings. The minimum atomic E-state index is -4.64. The first kappa shape index (κ1) is 22.5. The molecular formula is C24H27F3N2O5. The summed E-state index contributed by atoms with van der Waals surface area (Å²) in [5.41, 5.74) is -0.244. The summed E-state index contributed by atoms with van der Waals surface area (Å²) in [6.45, 7) is -0.164. The number of halogens is 3. The zero-order valence-corrected chi connectivity index (χ0v) is 18.1. The monoisotopic (exact) mass is 480 g/mol. The third-order valence-electron chi connectivity index (χ3n) is 6.33. The second kappa shape index (κ2) is 8.21. The molecular weight excluding hydrogens is 453 g/mol. The number of benzene rings is 2. The van der Waals surface area contributed by atoms with Gasteiger partial charge in [0, 0.05) is 19.4 Å². The maximum atomic E-state index is 13.6. The van der Waals surface area contributed by atoms with Gasteiger partial charge in [0.05, 0.1) is 24.7 Å². The SMILES string of the molecule is O=C(Nc1ccc2c(c1)cc(C(F)(F)F)n2C[C@@H](O)CO)C1(c2ccc3c(c2)OCCO3)CC1.[HH].[HH]. The summed E-state index contributed by atoms with van der Waals surface area (Å²) < 4.78 is 52.8. The number of rotatable bonds is 6. The van der Waals surface area contributed by atoms with E-state index in [4.69, 9.17) is 14.6 Å². The number of nitrogens with one attached hydrogen (secondary N) is 1. The summed E-state index contributed by atoms with van der Waals surface area (Å²) >= 11 is 0. The van der Waals surface area contributed by atoms with E-state index in [0.29, 0.717) is 43.2 Å². The molecule has 1 atom stereocenters. The van der Waals surface area contributed by atoms with Gasteiger partial charge in [-0.25, -0.2) is 0 Å². The van der Waals surface area contributed by atoms with Crippen LogP contribution in [-0.2, 0) is 22.9 Å². The number of aliphatic hydroxyl groups is 2. The van der Waals surface area contributed by atoms with Gasteiger partial charge in [0.25, 0.3) is 0 Å². The van der Waals surface area contributed by atoms with Crippen molar-refractivity contribution in [1.29, 1.82) is 0 Å². The van der Waals surface area contributed by atoms with E-state index < -0.39 is 36.5 Å². The third kappa shape index (κ3) is 3.97. The lowest BCUT2D eigenvalue weighted by Gasteiger charge is -2.21. The molecule has 2 heterocycles. The fourth-order valence-corrected chi connectivity index (χ4v) is 4.41. The Labute approximate surface area is 195 Å². The first-order chi connectivity index (χ1) is 16.2. The van der Waals surface area contributed by atoms with Crippen LogP contribution < -0.4 is 14.8 Å². The lowest BCUT2D eigenvalue weighted by molar-refractivity contribution is -0.143. The number of aliphatic hydroxyl groups excluding tert-OH is 2. The zero-order chi connectivity index (χ0) is 24.1. The molecule has 0 bridgehead atoms. The van der Waals surface area contributed by atoms with Crippen LogP contribution in [0.25, 0.3) is 10.9 Å². The van der Waals surface area contributed by atoms with Crippen LogP contribution in [0.15, 0.2) is 42.5 Å². The van der Waals surface area contributed by atoms with Gasteiger partial charge in [-0.05, 0) is 54.8 Å². The lowest BCUT2D eigenvalue weighted by Crippen LogP contribution is -2.28. The Kier molecular flexibility index (Phi) is 5.44. The highest BCUT2D eigenvalue weighted by Gasteiger charge is 2.51. The Balaban J connectivity index is 0.00000180. The fraction of sp³-hybridized carbons (Fsp3) is 0.375. The normalized spacial score (nSPS) is 17.4. The molecule has 1 aliphatic heterocycles. The van der Waals surface area contributed by atoms with E-state index in [1.807, 2.05) is 12.1 Å². The van der Waals surface area contributed by atoms with Crippen molar-refractivity contribution >= 4 is 22.5 Å². The summed E-state index contributed by atoms with van der Waals surface area (Å²) in [5.74, 6) is 0.984. The molecule has 3 aromatic rings. The molecule has 1 amide bonds. The quantitative estimate of drug-likeness (QED) is 0.497. The Morgan fingerprint density at radius 3 is 2.53 bits per heavy atom. The molecule has 3 N–H and O–H groups in total. The van der Waals surface area contributed by atoms with Crippen molar-refractivity contribution in [2.75, 3.05) is 25.1 Å². The topological polar surface area (TPSA) is 93.0 Å². The van der Waals surface area contributed by atoms with Crippen LogP contribution in [0.2, 0.25) is 0 Å². The molecule has 0 unspecified atom stereocenters. The van der Waals surface area contributed by atoms with Gasteiger partial charge in [0.15, 0.2) is 11.5 Å². The smallest absolute Gasteiger partial charge is 0.431 e. The van der Waals surface area contributed by atoms with E-state index in [0.717, 1.165) is 16.2 Å². The van der Waals surface area contributed by atoms with E-state index in [1.54, 1.807) is 6.07 Å². The molecule has 1 aromatic heterocycles. The second-order valence-corrected chi connectivity index (χ2v) is 8.64. The maximum absolute atomic E-state index is 13.6. The summed E-state index contributed by atoms with van der Waals surface area (Å²) in [6.07, 6.45) is -4.69. The van der Waals surface area contributed by atoms with Crippen LogP contribution in [0.3, 0.4) is 0 Å². The number of aromatic nitrogens is 1. The first-order valence-corrected chi connectivity index (χ1v) is 10.9. The van der Waals surface area contributed by atoms with Crippen molar-refractivity contribution in [2.24, 2.45) is 0 Å². The number of nitrogens with zero attached hydrogens (tertiary/aromatic N) is 1. The minimum absolute atomic E-state index is 0. The number of carbonyl (C=O) groups excluding carboxylic acids is 1. The predicted octanol–water partition coefficient (Wildman–Crippen LogP) is 3.95. The van der Waals surface area contributed by atoms with Gasteiger partial charge in [0.1, 0.15) is 18.9 Å². The van der Waals surface area contributed by atoms with Gasteiger partial charge in [-0.1, -0.05) is 6.07 Å². The highest BCUT2D eigenvalue weighted by atomic mass is 19.4. The number of ether oxygens (including phenoxy) is 2. The molecule has 0 saturated heterocycles. The van der Waals surface area contributed by atoms with Gasteiger partial charge in [-0.15, -0.1) is 0 Å². The number of alkyl halides is 3. The largest absolute Gasteiger partial charge is 0.486 e. The molecule has 1 aliphatic carbocycles. The molecule has 2 aromatic carbocycles. The fourth-order valence-electron chi connectivity index (χ4n) is 4.41. The molecule has 0 spiro atoms. The maximum Gasteiger partial charge on any atom is 0.431 e. The van der Waals surface area contributed by atoms with Crippen molar-refractivity contribution in [1.82, 2.24) is 4.57 Å². The molecule has 5 rings (SSSR count). The van der Waals surface area contributed by atoms with Gasteiger partial charge in [0.2, 0.25) is 5.91 Å². The summed E-state index contributed by atoms with van der Waals surface area (Å²) in [7, 11) is 0. The summed E-state index contributed by atoms with van der Waals surface area (Å²) in [4.78, 5) is 13.2. The molecule has 0 radical (unpaired) electrons. The van der Waals surface area contributed by atoms with Crippen molar-refractivity contribution in [2.45, 2.75) is 37.1 Å². The van der Waals surface area contributed by atoms with Crippen molar-refractivity contribution in [3.63, 3.8) is 0 Å². The third-order valence-corrected chi connectivity index (χ3v) is 6.33. The average Bonchev–Trinajstić information content (AvgIpc) is 3.55. The number of hydrogen-bond donors (Lipinski definition) is 3. The van der Waals surface area contributed by atoms with Crippen LogP contribution in [0.4, 0.5) is 18.9 Å². The van der Waals surface area contributed by atoms with E-state index in [1.165, 1.54) is 18.2 Å². The molecule has 184 valence electrons. The Morgan fingerprint density at radius 2 is 1.85 bits per heavy atom. The summed E-state index contributed by atoms with van der Waals surface area (Å²) in [5, 5.41) is 21.9. The Bertz CT molecular complexity index is 1260. The number of carbonyl (C=O) groups is 1. The van der Waals surface area contributed by atoms with Crippen LogP contribution in [0.5, 0.6) is 11.5 Å². The van der Waals surface area contributed by atoms with Crippen molar-refractivity contribution < 1.29 is 40.5 Å². The number of amides is 1. The predicted molar refractivity (Wildman–Crippen MR) is 121 cm³/mol. The highest BCUT2D eigenvalue weighted by Crippen LogP contribution is 2.51. The van der Waals surface area contributed by atoms with Gasteiger partial charge < -0.3 is 29.6 Å². The van der Waals surface area contributed by atoms with Gasteiger partial charge in [-0.3, -0.25) is 4.79 Å². The van der Waals surface area contributed by atoms with Crippen LogP contribution in [0.1, 0.15) is 27.0 Å². The Morgan fingerprint density at radius 1 is 1.12 bits per heavy atom. The number of anilines is 1. The molecule has 10 heteroatoms. The standard InChI is InChI=1S/C24H23F3N2O5.2H2/c25-24(26,27)21-10-14-9-16(2-3-18(14)29(21)12-17(31)13-30)28-22(32)23(5-6-23)15-1-4-19-20(11-15)34-8-7-33-19;;/h1-4,9-11,17,30-31H,5-8,12-13H2,(H,28,32);2*1H/t17-;;/m1../s1. The number of fused-ring (bicyclic) bond motifs is 2. The van der Waals surface area contributed by atoms with Crippen LogP contribution >= 0.6 is 0 Å². The van der Waals surface area contributed by atoms with E-state index in [9.17, 15) is 23.1 Å². The highest BCUT2D eigenvalue weighted by molar-refractivity contribution is 6.02. The van der Waals surface area contributed by atoms with Gasteiger partial charge >= 0.3 is 6.18 Å². The average molecular weight is 480 g/mol. The first-order valence-electron chi connectivity index (χ1n) is 10.9. The van der Waals surface area contributed by atoms with Gasteiger partial charge in [-0.2, -0.15) is 13.2 Å².